The van der Waals surface area contributed by atoms with E-state index in [9.17, 15) is 0 Å². The van der Waals surface area contributed by atoms with Crippen LogP contribution in [0.1, 0.15) is 25.5 Å². The lowest BCUT2D eigenvalue weighted by Crippen LogP contribution is -2.25. The second-order valence-electron chi connectivity index (χ2n) is 6.01. The van der Waals surface area contributed by atoms with Gasteiger partial charge >= 0.3 is 0 Å². The maximum absolute atomic E-state index is 5.20. The second kappa shape index (κ2) is 6.41. The Morgan fingerprint density at radius 3 is 2.36 bits per heavy atom. The molecule has 1 aliphatic rings. The van der Waals surface area contributed by atoms with Crippen molar-refractivity contribution in [3.63, 3.8) is 0 Å². The highest BCUT2D eigenvalue weighted by atomic mass is 16.5. The summed E-state index contributed by atoms with van der Waals surface area (Å²) >= 11 is 0. The number of ether oxygens (including phenoxy) is 1. The predicted octanol–water partition coefficient (Wildman–Crippen LogP) is 3.94. The summed E-state index contributed by atoms with van der Waals surface area (Å²) in [6.07, 6.45) is 0. The van der Waals surface area contributed by atoms with E-state index < -0.39 is 0 Å². The lowest BCUT2D eigenvalue weighted by Gasteiger charge is -2.19. The molecule has 1 aliphatic heterocycles. The summed E-state index contributed by atoms with van der Waals surface area (Å²) in [6.45, 7) is 5.70. The molecule has 0 bridgehead atoms. The highest BCUT2D eigenvalue weighted by molar-refractivity contribution is 5.47. The molecule has 3 rings (SSSR count). The smallest absolute Gasteiger partial charge is 0.119 e. The van der Waals surface area contributed by atoms with Crippen LogP contribution in [0.4, 0.5) is 5.69 Å². The lowest BCUT2D eigenvalue weighted by atomic mass is 10.1. The number of anilines is 1. The number of nitrogens with zero attached hydrogens (tertiary/aromatic N) is 1. The molecular formula is C19H24N2O. The Balaban J connectivity index is 1.57. The molecule has 1 fully saturated rings. The predicted molar refractivity (Wildman–Crippen MR) is 91.4 cm³/mol. The van der Waals surface area contributed by atoms with Crippen LogP contribution in [-0.2, 0) is 0 Å². The first-order valence-electron chi connectivity index (χ1n) is 7.90. The van der Waals surface area contributed by atoms with Crippen molar-refractivity contribution in [2.75, 3.05) is 19.0 Å². The maximum atomic E-state index is 5.20. The zero-order valence-corrected chi connectivity index (χ0v) is 13.5. The minimum Gasteiger partial charge on any atom is -0.497 e. The van der Waals surface area contributed by atoms with Crippen LogP contribution in [-0.4, -0.2) is 30.6 Å². The minimum absolute atomic E-state index is 0.430. The van der Waals surface area contributed by atoms with Gasteiger partial charge in [-0.1, -0.05) is 30.3 Å². The summed E-state index contributed by atoms with van der Waals surface area (Å²) in [5, 5.41) is 3.59. The van der Waals surface area contributed by atoms with Gasteiger partial charge in [-0.3, -0.25) is 4.90 Å². The molecule has 1 unspecified atom stereocenters. The van der Waals surface area contributed by atoms with E-state index in [0.717, 1.165) is 18.0 Å². The van der Waals surface area contributed by atoms with Gasteiger partial charge in [0.05, 0.1) is 7.11 Å². The van der Waals surface area contributed by atoms with E-state index in [1.54, 1.807) is 7.11 Å². The molecule has 1 N–H and O–H groups in total. The Hall–Kier alpha value is -2.00. The Kier molecular flexibility index (Phi) is 4.34. The molecule has 3 nitrogen and oxygen atoms in total. The summed E-state index contributed by atoms with van der Waals surface area (Å²) in [4.78, 5) is 2.54. The van der Waals surface area contributed by atoms with Gasteiger partial charge in [-0.15, -0.1) is 0 Å². The Morgan fingerprint density at radius 1 is 1.05 bits per heavy atom. The van der Waals surface area contributed by atoms with Crippen LogP contribution in [0.5, 0.6) is 5.75 Å². The van der Waals surface area contributed by atoms with Crippen LogP contribution in [0.2, 0.25) is 0 Å². The van der Waals surface area contributed by atoms with Crippen molar-refractivity contribution in [2.24, 2.45) is 0 Å². The van der Waals surface area contributed by atoms with E-state index in [4.69, 9.17) is 4.74 Å². The highest BCUT2D eigenvalue weighted by Crippen LogP contribution is 2.34. The average Bonchev–Trinajstić information content (AvgIpc) is 3.36. The molecular weight excluding hydrogens is 272 g/mol. The zero-order valence-electron chi connectivity index (χ0n) is 13.5. The number of hydrogen-bond acceptors (Lipinski definition) is 3. The molecule has 0 spiro atoms. The molecule has 0 radical (unpaired) electrons. The number of benzene rings is 2. The average molecular weight is 296 g/mol. The zero-order chi connectivity index (χ0) is 15.5. The van der Waals surface area contributed by atoms with Crippen molar-refractivity contribution in [3.05, 3.63) is 60.2 Å². The summed E-state index contributed by atoms with van der Waals surface area (Å²) in [5.74, 6) is 0.893. The number of hydrogen-bond donors (Lipinski definition) is 1. The Labute approximate surface area is 132 Å². The highest BCUT2D eigenvalue weighted by Gasteiger charge is 2.41. The van der Waals surface area contributed by atoms with Crippen LogP contribution in [0.25, 0.3) is 0 Å². The molecule has 0 amide bonds. The topological polar surface area (TPSA) is 24.3 Å². The quantitative estimate of drug-likeness (QED) is 0.817. The van der Waals surface area contributed by atoms with Crippen molar-refractivity contribution in [1.82, 2.24) is 4.90 Å². The van der Waals surface area contributed by atoms with Gasteiger partial charge in [0, 0.05) is 30.4 Å². The molecule has 0 aromatic heterocycles. The summed E-state index contributed by atoms with van der Waals surface area (Å²) in [6, 6.07) is 20.4. The van der Waals surface area contributed by atoms with Crippen LogP contribution in [0.3, 0.4) is 0 Å². The van der Waals surface area contributed by atoms with Crippen LogP contribution >= 0.6 is 0 Å². The molecule has 1 saturated heterocycles. The standard InChI is InChI=1S/C19H24N2O/c1-14(20-17-9-11-18(22-3)12-10-17)19-13-21(19)15(2)16-7-5-4-6-8-16/h4-12,14-15,19-20H,13H2,1-3H3/t14-,15-,19-,21?/m1/s1. The first-order chi connectivity index (χ1) is 10.7. The molecule has 0 saturated carbocycles. The molecule has 2 aromatic carbocycles. The lowest BCUT2D eigenvalue weighted by molar-refractivity contribution is 0.393. The largest absolute Gasteiger partial charge is 0.497 e. The third-order valence-corrected chi connectivity index (χ3v) is 4.53. The summed E-state index contributed by atoms with van der Waals surface area (Å²) in [7, 11) is 1.69. The number of rotatable bonds is 6. The molecule has 116 valence electrons. The Morgan fingerprint density at radius 2 is 1.73 bits per heavy atom. The fourth-order valence-corrected chi connectivity index (χ4v) is 3.03. The van der Waals surface area contributed by atoms with Gasteiger partial charge in [0.2, 0.25) is 0 Å². The first kappa shape index (κ1) is 14.9. The minimum atomic E-state index is 0.430. The van der Waals surface area contributed by atoms with E-state index in [1.807, 2.05) is 12.1 Å². The normalized spacial score (nSPS) is 22.7. The van der Waals surface area contributed by atoms with Gasteiger partial charge in [0.25, 0.3) is 0 Å². The SMILES string of the molecule is COc1ccc(N[C@H](C)[C@H]2CN2[C@H](C)c2ccccc2)cc1. The third-order valence-electron chi connectivity index (χ3n) is 4.53. The van der Waals surface area contributed by atoms with Crippen molar-refractivity contribution >= 4 is 5.69 Å². The van der Waals surface area contributed by atoms with Gasteiger partial charge < -0.3 is 10.1 Å². The van der Waals surface area contributed by atoms with Gasteiger partial charge in [-0.25, -0.2) is 0 Å². The van der Waals surface area contributed by atoms with E-state index in [2.05, 4.69) is 66.5 Å². The number of methoxy groups -OCH3 is 1. The van der Waals surface area contributed by atoms with Gasteiger partial charge in [-0.05, 0) is 43.7 Å². The maximum Gasteiger partial charge on any atom is 0.119 e. The molecule has 3 heteroatoms. The molecule has 1 heterocycles. The summed E-state index contributed by atoms with van der Waals surface area (Å²) < 4.78 is 5.20. The Bertz CT molecular complexity index is 597. The fraction of sp³-hybridized carbons (Fsp3) is 0.368. The van der Waals surface area contributed by atoms with Crippen LogP contribution < -0.4 is 10.1 Å². The second-order valence-corrected chi connectivity index (χ2v) is 6.01. The monoisotopic (exact) mass is 296 g/mol. The van der Waals surface area contributed by atoms with E-state index in [0.29, 0.717) is 18.1 Å². The van der Waals surface area contributed by atoms with Crippen molar-refractivity contribution in [2.45, 2.75) is 32.0 Å². The molecule has 4 atom stereocenters. The van der Waals surface area contributed by atoms with Gasteiger partial charge in [0.15, 0.2) is 0 Å². The van der Waals surface area contributed by atoms with Crippen LogP contribution in [0, 0.1) is 0 Å². The van der Waals surface area contributed by atoms with Crippen molar-refractivity contribution in [3.8, 4) is 5.75 Å². The third kappa shape index (κ3) is 3.25. The first-order valence-corrected chi connectivity index (χ1v) is 7.90. The van der Waals surface area contributed by atoms with Crippen molar-refractivity contribution in [1.29, 1.82) is 0 Å². The molecule has 0 aliphatic carbocycles. The van der Waals surface area contributed by atoms with Gasteiger partial charge in [0.1, 0.15) is 5.75 Å². The molecule has 2 aromatic rings. The number of nitrogens with one attached hydrogen (secondary N) is 1. The fourth-order valence-electron chi connectivity index (χ4n) is 3.03. The van der Waals surface area contributed by atoms with Crippen molar-refractivity contribution < 1.29 is 4.74 Å². The summed E-state index contributed by atoms with van der Waals surface area (Å²) in [5.41, 5.74) is 2.54. The van der Waals surface area contributed by atoms with E-state index in [1.165, 1.54) is 5.56 Å². The van der Waals surface area contributed by atoms with Gasteiger partial charge in [-0.2, -0.15) is 0 Å². The molecule has 22 heavy (non-hydrogen) atoms. The van der Waals surface area contributed by atoms with E-state index in [-0.39, 0.29) is 0 Å². The van der Waals surface area contributed by atoms with E-state index >= 15 is 0 Å². The van der Waals surface area contributed by atoms with Crippen LogP contribution in [0.15, 0.2) is 54.6 Å².